The smallest absolute Gasteiger partial charge is 0.176 e. The van der Waals surface area contributed by atoms with E-state index in [0.29, 0.717) is 11.1 Å². The van der Waals surface area contributed by atoms with Crippen molar-refractivity contribution in [3.05, 3.63) is 52.1 Å². The standard InChI is InChI=1S/C13H5Cl2FN4/c14-11-10(7-1-3-9(16)4-2-7)12(15)20-13(19-11)8(5-17)6-18-20/h1-4,6H. The molecule has 98 valence electrons. The highest BCUT2D eigenvalue weighted by Gasteiger charge is 2.17. The zero-order chi connectivity index (χ0) is 14.3. The summed E-state index contributed by atoms with van der Waals surface area (Å²) in [7, 11) is 0. The van der Waals surface area contributed by atoms with Gasteiger partial charge in [0.2, 0.25) is 0 Å². The Balaban J connectivity index is 2.32. The van der Waals surface area contributed by atoms with Gasteiger partial charge >= 0.3 is 0 Å². The summed E-state index contributed by atoms with van der Waals surface area (Å²) in [4.78, 5) is 4.13. The van der Waals surface area contributed by atoms with Gasteiger partial charge < -0.3 is 0 Å². The van der Waals surface area contributed by atoms with Crippen molar-refractivity contribution in [3.8, 4) is 17.2 Å². The summed E-state index contributed by atoms with van der Waals surface area (Å²) < 4.78 is 14.3. The van der Waals surface area contributed by atoms with Crippen molar-refractivity contribution < 1.29 is 4.39 Å². The second kappa shape index (κ2) is 4.75. The Kier molecular flexibility index (Phi) is 3.05. The Labute approximate surface area is 123 Å². The molecule has 0 radical (unpaired) electrons. The fourth-order valence-corrected chi connectivity index (χ4v) is 2.52. The van der Waals surface area contributed by atoms with Crippen molar-refractivity contribution >= 4 is 28.8 Å². The maximum atomic E-state index is 13.0. The van der Waals surface area contributed by atoms with Gasteiger partial charge in [-0.3, -0.25) is 0 Å². The summed E-state index contributed by atoms with van der Waals surface area (Å²) in [6.07, 6.45) is 1.36. The first-order chi connectivity index (χ1) is 9.61. The van der Waals surface area contributed by atoms with E-state index in [2.05, 4.69) is 10.1 Å². The molecular formula is C13H5Cl2FN4. The second-order valence-corrected chi connectivity index (χ2v) is 4.70. The molecule has 0 aliphatic carbocycles. The number of nitrogens with zero attached hydrogens (tertiary/aromatic N) is 4. The zero-order valence-electron chi connectivity index (χ0n) is 9.81. The summed E-state index contributed by atoms with van der Waals surface area (Å²) >= 11 is 12.4. The molecule has 0 aliphatic heterocycles. The number of rotatable bonds is 1. The van der Waals surface area contributed by atoms with Gasteiger partial charge in [0.1, 0.15) is 27.8 Å². The topological polar surface area (TPSA) is 54.0 Å². The highest BCUT2D eigenvalue weighted by Crippen LogP contribution is 2.34. The van der Waals surface area contributed by atoms with E-state index in [4.69, 9.17) is 28.5 Å². The molecule has 0 fully saturated rings. The summed E-state index contributed by atoms with van der Waals surface area (Å²) in [6, 6.07) is 7.65. The predicted molar refractivity (Wildman–Crippen MR) is 73.1 cm³/mol. The van der Waals surface area contributed by atoms with Gasteiger partial charge in [0, 0.05) is 0 Å². The Morgan fingerprint density at radius 3 is 2.55 bits per heavy atom. The summed E-state index contributed by atoms with van der Waals surface area (Å²) in [5.41, 5.74) is 1.62. The molecule has 3 aromatic rings. The van der Waals surface area contributed by atoms with E-state index in [1.54, 1.807) is 12.1 Å². The lowest BCUT2D eigenvalue weighted by Crippen LogP contribution is -1.97. The molecule has 0 atom stereocenters. The molecular weight excluding hydrogens is 302 g/mol. The highest BCUT2D eigenvalue weighted by molar-refractivity contribution is 6.38. The van der Waals surface area contributed by atoms with Gasteiger partial charge in [-0.15, -0.1) is 0 Å². The number of fused-ring (bicyclic) bond motifs is 1. The van der Waals surface area contributed by atoms with Crippen LogP contribution >= 0.6 is 23.2 Å². The Hall–Kier alpha value is -2.16. The number of hydrogen-bond donors (Lipinski definition) is 0. The van der Waals surface area contributed by atoms with Gasteiger partial charge in [-0.25, -0.2) is 13.9 Å². The maximum absolute atomic E-state index is 13.0. The molecule has 0 amide bonds. The lowest BCUT2D eigenvalue weighted by Gasteiger charge is -2.08. The minimum absolute atomic E-state index is 0.131. The molecule has 3 rings (SSSR count). The van der Waals surface area contributed by atoms with Gasteiger partial charge in [-0.05, 0) is 17.7 Å². The van der Waals surface area contributed by atoms with Crippen molar-refractivity contribution in [2.75, 3.05) is 0 Å². The first kappa shape index (κ1) is 12.9. The quantitative estimate of drug-likeness (QED) is 0.644. The van der Waals surface area contributed by atoms with Gasteiger partial charge in [-0.2, -0.15) is 10.4 Å². The van der Waals surface area contributed by atoms with Crippen molar-refractivity contribution in [2.24, 2.45) is 0 Å². The summed E-state index contributed by atoms with van der Waals surface area (Å²) in [5, 5.41) is 13.3. The van der Waals surface area contributed by atoms with E-state index in [1.807, 2.05) is 6.07 Å². The van der Waals surface area contributed by atoms with Crippen molar-refractivity contribution in [1.82, 2.24) is 14.6 Å². The average Bonchev–Trinajstić information content (AvgIpc) is 2.84. The highest BCUT2D eigenvalue weighted by atomic mass is 35.5. The number of hydrogen-bond acceptors (Lipinski definition) is 3. The zero-order valence-corrected chi connectivity index (χ0v) is 11.3. The SMILES string of the molecule is N#Cc1cnn2c(Cl)c(-c3ccc(F)cc3)c(Cl)nc12. The third-order valence-electron chi connectivity index (χ3n) is 2.80. The van der Waals surface area contributed by atoms with Gasteiger partial charge in [0.15, 0.2) is 5.65 Å². The van der Waals surface area contributed by atoms with Crippen LogP contribution in [0.25, 0.3) is 16.8 Å². The van der Waals surface area contributed by atoms with Crippen LogP contribution in [0.2, 0.25) is 10.3 Å². The lowest BCUT2D eigenvalue weighted by atomic mass is 10.1. The minimum Gasteiger partial charge on any atom is -0.215 e. The molecule has 2 heterocycles. The van der Waals surface area contributed by atoms with Gasteiger partial charge in [0.05, 0.1) is 11.8 Å². The van der Waals surface area contributed by atoms with Crippen LogP contribution in [0.15, 0.2) is 30.5 Å². The van der Waals surface area contributed by atoms with E-state index in [1.165, 1.54) is 22.8 Å². The monoisotopic (exact) mass is 306 g/mol. The van der Waals surface area contributed by atoms with Crippen LogP contribution in [0.3, 0.4) is 0 Å². The fraction of sp³-hybridized carbons (Fsp3) is 0. The Morgan fingerprint density at radius 1 is 1.20 bits per heavy atom. The maximum Gasteiger partial charge on any atom is 0.176 e. The van der Waals surface area contributed by atoms with E-state index in [0.717, 1.165) is 0 Å². The van der Waals surface area contributed by atoms with Crippen molar-refractivity contribution in [1.29, 1.82) is 5.26 Å². The normalized spacial score (nSPS) is 10.7. The van der Waals surface area contributed by atoms with Crippen molar-refractivity contribution in [3.63, 3.8) is 0 Å². The molecule has 0 saturated heterocycles. The van der Waals surface area contributed by atoms with Crippen LogP contribution in [0.1, 0.15) is 5.56 Å². The van der Waals surface area contributed by atoms with E-state index < -0.39 is 0 Å². The lowest BCUT2D eigenvalue weighted by molar-refractivity contribution is 0.628. The van der Waals surface area contributed by atoms with Crippen LogP contribution < -0.4 is 0 Å². The molecule has 0 saturated carbocycles. The molecule has 0 unspecified atom stereocenters. The summed E-state index contributed by atoms with van der Waals surface area (Å²) in [5.74, 6) is -0.360. The number of aromatic nitrogens is 3. The average molecular weight is 307 g/mol. The van der Waals surface area contributed by atoms with E-state index >= 15 is 0 Å². The van der Waals surface area contributed by atoms with Crippen LogP contribution in [0.4, 0.5) is 4.39 Å². The molecule has 0 aliphatic rings. The Bertz CT molecular complexity index is 849. The molecule has 0 bridgehead atoms. The first-order valence-electron chi connectivity index (χ1n) is 5.50. The third kappa shape index (κ3) is 1.90. The largest absolute Gasteiger partial charge is 0.215 e. The molecule has 4 nitrogen and oxygen atoms in total. The molecule has 7 heteroatoms. The van der Waals surface area contributed by atoms with Crippen LogP contribution in [0.5, 0.6) is 0 Å². The second-order valence-electron chi connectivity index (χ2n) is 3.98. The van der Waals surface area contributed by atoms with Gasteiger partial charge in [0.25, 0.3) is 0 Å². The summed E-state index contributed by atoms with van der Waals surface area (Å²) in [6.45, 7) is 0. The van der Waals surface area contributed by atoms with Crippen LogP contribution in [0, 0.1) is 17.1 Å². The third-order valence-corrected chi connectivity index (χ3v) is 3.42. The fourth-order valence-electron chi connectivity index (χ4n) is 1.87. The molecule has 2 aromatic heterocycles. The molecule has 0 N–H and O–H groups in total. The van der Waals surface area contributed by atoms with E-state index in [9.17, 15) is 4.39 Å². The number of nitriles is 1. The number of halogens is 3. The number of benzene rings is 1. The van der Waals surface area contributed by atoms with Crippen LogP contribution in [-0.4, -0.2) is 14.6 Å². The minimum atomic E-state index is -0.360. The van der Waals surface area contributed by atoms with Gasteiger partial charge in [-0.1, -0.05) is 35.3 Å². The van der Waals surface area contributed by atoms with E-state index in [-0.39, 0.29) is 27.3 Å². The Morgan fingerprint density at radius 2 is 1.90 bits per heavy atom. The molecule has 1 aromatic carbocycles. The van der Waals surface area contributed by atoms with Crippen molar-refractivity contribution in [2.45, 2.75) is 0 Å². The predicted octanol–water partition coefficient (Wildman–Crippen LogP) is 3.71. The first-order valence-corrected chi connectivity index (χ1v) is 6.26. The van der Waals surface area contributed by atoms with Crippen LogP contribution in [-0.2, 0) is 0 Å². The molecule has 0 spiro atoms. The molecule has 20 heavy (non-hydrogen) atoms.